The molecule has 0 N–H and O–H groups in total. The lowest BCUT2D eigenvalue weighted by Crippen LogP contribution is -2.01. The van der Waals surface area contributed by atoms with E-state index in [2.05, 4.69) is 170 Å². The molecular formula is C57H33N3O2. The lowest BCUT2D eigenvalue weighted by atomic mass is 9.89. The molecule has 13 aromatic rings. The van der Waals surface area contributed by atoms with Crippen LogP contribution in [-0.4, -0.2) is 15.0 Å². The van der Waals surface area contributed by atoms with Gasteiger partial charge in [-0.15, -0.1) is 0 Å². The fraction of sp³-hybridized carbons (Fsp3) is 0. The summed E-state index contributed by atoms with van der Waals surface area (Å²) in [5, 5.41) is 11.0. The van der Waals surface area contributed by atoms with E-state index in [1.54, 1.807) is 0 Å². The molecule has 0 unspecified atom stereocenters. The molecule has 288 valence electrons. The Bertz CT molecular complexity index is 3950. The van der Waals surface area contributed by atoms with Crippen LogP contribution in [0.3, 0.4) is 0 Å². The van der Waals surface area contributed by atoms with Gasteiger partial charge in [-0.05, 0) is 85.4 Å². The number of rotatable bonds is 5. The Morgan fingerprint density at radius 3 is 1.63 bits per heavy atom. The molecule has 3 heterocycles. The number of fused-ring (bicyclic) bond motifs is 9. The van der Waals surface area contributed by atoms with Gasteiger partial charge in [-0.2, -0.15) is 0 Å². The minimum Gasteiger partial charge on any atom is -0.455 e. The van der Waals surface area contributed by atoms with Crippen molar-refractivity contribution in [1.29, 1.82) is 0 Å². The fourth-order valence-electron chi connectivity index (χ4n) is 9.45. The molecule has 62 heavy (non-hydrogen) atoms. The summed E-state index contributed by atoms with van der Waals surface area (Å²) in [4.78, 5) is 15.7. The van der Waals surface area contributed by atoms with Crippen LogP contribution in [0.25, 0.3) is 133 Å². The topological polar surface area (TPSA) is 65.0 Å². The molecule has 0 aliphatic heterocycles. The molecule has 13 rings (SSSR count). The Balaban J connectivity index is 1.04. The van der Waals surface area contributed by atoms with E-state index in [1.807, 2.05) is 30.3 Å². The van der Waals surface area contributed by atoms with E-state index < -0.39 is 0 Å². The summed E-state index contributed by atoms with van der Waals surface area (Å²) in [6.45, 7) is 0. The van der Waals surface area contributed by atoms with Crippen molar-refractivity contribution in [3.05, 3.63) is 200 Å². The highest BCUT2D eigenvalue weighted by molar-refractivity contribution is 6.20. The van der Waals surface area contributed by atoms with E-state index in [0.29, 0.717) is 17.5 Å². The Morgan fingerprint density at radius 2 is 0.790 bits per heavy atom. The second-order valence-electron chi connectivity index (χ2n) is 15.8. The van der Waals surface area contributed by atoms with E-state index in [1.165, 1.54) is 10.8 Å². The Morgan fingerprint density at radius 1 is 0.274 bits per heavy atom. The van der Waals surface area contributed by atoms with Gasteiger partial charge in [-0.1, -0.05) is 164 Å². The molecule has 0 aliphatic carbocycles. The average molecular weight is 792 g/mol. The van der Waals surface area contributed by atoms with Crippen LogP contribution in [0.2, 0.25) is 0 Å². The van der Waals surface area contributed by atoms with Gasteiger partial charge in [0, 0.05) is 38.2 Å². The quantitative estimate of drug-likeness (QED) is 0.174. The molecule has 0 radical (unpaired) electrons. The number of para-hydroxylation sites is 3. The largest absolute Gasteiger partial charge is 0.455 e. The van der Waals surface area contributed by atoms with Gasteiger partial charge in [-0.25, -0.2) is 15.0 Å². The Hall–Kier alpha value is -8.41. The number of hydrogen-bond donors (Lipinski definition) is 0. The minimum absolute atomic E-state index is 0.548. The maximum Gasteiger partial charge on any atom is 0.167 e. The number of hydrogen-bond acceptors (Lipinski definition) is 5. The van der Waals surface area contributed by atoms with Gasteiger partial charge in [0.25, 0.3) is 0 Å². The zero-order valence-corrected chi connectivity index (χ0v) is 33.2. The molecule has 0 saturated heterocycles. The number of benzene rings is 10. The summed E-state index contributed by atoms with van der Waals surface area (Å²) >= 11 is 0. The Labute approximate surface area is 355 Å². The van der Waals surface area contributed by atoms with E-state index in [9.17, 15) is 0 Å². The SMILES string of the molecule is c1ccc2cc(-c3nc(-c4ccc(-c5ccc(-c6cccc7ccccc67)c6oc7ccccc7c56)c5ccccc45)nc(-c4cccc5c4oc4ccccc45)n3)ccc2c1. The van der Waals surface area contributed by atoms with Crippen molar-refractivity contribution in [2.24, 2.45) is 0 Å². The summed E-state index contributed by atoms with van der Waals surface area (Å²) in [5.74, 6) is 1.72. The predicted octanol–water partition coefficient (Wildman–Crippen LogP) is 15.5. The van der Waals surface area contributed by atoms with Gasteiger partial charge in [0.2, 0.25) is 0 Å². The molecule has 5 heteroatoms. The number of furan rings is 2. The van der Waals surface area contributed by atoms with Crippen LogP contribution in [0.1, 0.15) is 0 Å². The first-order valence-electron chi connectivity index (χ1n) is 20.8. The molecule has 0 fully saturated rings. The highest BCUT2D eigenvalue weighted by Gasteiger charge is 2.22. The first-order valence-corrected chi connectivity index (χ1v) is 20.8. The van der Waals surface area contributed by atoms with Gasteiger partial charge in [0.15, 0.2) is 17.5 Å². The molecule has 0 atom stereocenters. The Kier molecular flexibility index (Phi) is 7.54. The molecule has 0 aliphatic rings. The van der Waals surface area contributed by atoms with Gasteiger partial charge in [0.1, 0.15) is 22.3 Å². The lowest BCUT2D eigenvalue weighted by Gasteiger charge is -2.15. The second-order valence-corrected chi connectivity index (χ2v) is 15.8. The number of aromatic nitrogens is 3. The summed E-state index contributed by atoms with van der Waals surface area (Å²) in [7, 11) is 0. The standard InChI is InChI=1S/C57H33N3O2/c1-2-15-36-33-37(28-27-34(36)13-1)55-58-56(60-57(59-55)49-24-12-23-45-43-20-7-9-25-50(43)61-53(45)49)47-32-29-42(40-18-5-6-19-41(40)47)44-30-31-46(39-22-11-16-35-14-3-4-17-38(35)39)54-52(44)48-21-8-10-26-51(48)62-54/h1-33H. The maximum atomic E-state index is 6.81. The van der Waals surface area contributed by atoms with E-state index in [-0.39, 0.29) is 0 Å². The van der Waals surface area contributed by atoms with Crippen molar-refractivity contribution in [2.75, 3.05) is 0 Å². The van der Waals surface area contributed by atoms with Crippen LogP contribution in [0.5, 0.6) is 0 Å². The normalized spacial score (nSPS) is 11.9. The van der Waals surface area contributed by atoms with Crippen molar-refractivity contribution in [2.45, 2.75) is 0 Å². The zero-order chi connectivity index (χ0) is 40.7. The molecule has 5 nitrogen and oxygen atoms in total. The summed E-state index contributed by atoms with van der Waals surface area (Å²) < 4.78 is 13.3. The third-order valence-electron chi connectivity index (χ3n) is 12.3. The van der Waals surface area contributed by atoms with Crippen LogP contribution >= 0.6 is 0 Å². The van der Waals surface area contributed by atoms with E-state index >= 15 is 0 Å². The molecule has 0 spiro atoms. The van der Waals surface area contributed by atoms with Crippen molar-refractivity contribution in [1.82, 2.24) is 15.0 Å². The third kappa shape index (κ3) is 5.32. The van der Waals surface area contributed by atoms with E-state index in [4.69, 9.17) is 23.8 Å². The molecule has 0 amide bonds. The van der Waals surface area contributed by atoms with Crippen LogP contribution < -0.4 is 0 Å². The fourth-order valence-corrected chi connectivity index (χ4v) is 9.45. The van der Waals surface area contributed by atoms with Crippen LogP contribution in [0.15, 0.2) is 209 Å². The van der Waals surface area contributed by atoms with Crippen LogP contribution in [0, 0.1) is 0 Å². The molecular weight excluding hydrogens is 759 g/mol. The van der Waals surface area contributed by atoms with E-state index in [0.717, 1.165) is 104 Å². The molecule has 3 aromatic heterocycles. The molecule has 0 bridgehead atoms. The van der Waals surface area contributed by atoms with Gasteiger partial charge < -0.3 is 8.83 Å². The van der Waals surface area contributed by atoms with Gasteiger partial charge in [0.05, 0.1) is 5.56 Å². The molecule has 10 aromatic carbocycles. The van der Waals surface area contributed by atoms with Gasteiger partial charge >= 0.3 is 0 Å². The lowest BCUT2D eigenvalue weighted by molar-refractivity contribution is 0.669. The average Bonchev–Trinajstić information content (AvgIpc) is 3.92. The molecule has 0 saturated carbocycles. The van der Waals surface area contributed by atoms with Gasteiger partial charge in [-0.3, -0.25) is 0 Å². The smallest absolute Gasteiger partial charge is 0.167 e. The first kappa shape index (κ1) is 34.5. The summed E-state index contributed by atoms with van der Waals surface area (Å²) in [6.07, 6.45) is 0. The summed E-state index contributed by atoms with van der Waals surface area (Å²) in [6, 6.07) is 69.8. The highest BCUT2D eigenvalue weighted by atomic mass is 16.3. The summed E-state index contributed by atoms with van der Waals surface area (Å²) in [5.41, 5.74) is 10.3. The second kappa shape index (κ2) is 13.6. The highest BCUT2D eigenvalue weighted by Crippen LogP contribution is 2.46. The maximum absolute atomic E-state index is 6.81. The third-order valence-corrected chi connectivity index (χ3v) is 12.3. The number of nitrogens with zero attached hydrogens (tertiary/aromatic N) is 3. The predicted molar refractivity (Wildman–Crippen MR) is 254 cm³/mol. The van der Waals surface area contributed by atoms with Crippen molar-refractivity contribution < 1.29 is 8.83 Å². The van der Waals surface area contributed by atoms with Crippen LogP contribution in [-0.2, 0) is 0 Å². The van der Waals surface area contributed by atoms with Crippen molar-refractivity contribution in [3.8, 4) is 56.4 Å². The minimum atomic E-state index is 0.548. The monoisotopic (exact) mass is 791 g/mol. The van der Waals surface area contributed by atoms with Crippen molar-refractivity contribution in [3.63, 3.8) is 0 Å². The zero-order valence-electron chi connectivity index (χ0n) is 33.2. The van der Waals surface area contributed by atoms with Crippen molar-refractivity contribution >= 4 is 76.2 Å². The first-order chi connectivity index (χ1) is 30.7. The van der Waals surface area contributed by atoms with Crippen LogP contribution in [0.4, 0.5) is 0 Å².